The van der Waals surface area contributed by atoms with Crippen LogP contribution in [-0.2, 0) is 0 Å². The monoisotopic (exact) mass is 213 g/mol. The molecule has 2 rings (SSSR count). The molecule has 0 aliphatic heterocycles. The van der Waals surface area contributed by atoms with E-state index in [9.17, 15) is 0 Å². The van der Waals surface area contributed by atoms with Crippen LogP contribution in [-0.4, -0.2) is 0 Å². The minimum atomic E-state index is 0.808. The molecule has 0 fully saturated rings. The van der Waals surface area contributed by atoms with Crippen molar-refractivity contribution in [2.75, 3.05) is 5.73 Å². The summed E-state index contributed by atoms with van der Waals surface area (Å²) in [4.78, 5) is 0. The van der Waals surface area contributed by atoms with E-state index >= 15 is 0 Å². The van der Waals surface area contributed by atoms with Gasteiger partial charge in [-0.2, -0.15) is 0 Å². The molecule has 0 radical (unpaired) electrons. The van der Waals surface area contributed by atoms with Gasteiger partial charge < -0.3 is 5.73 Å². The molecule has 0 spiro atoms. The number of hydrogen-bond donors (Lipinski definition) is 1. The Kier molecular flexibility index (Phi) is 4.59. The van der Waals surface area contributed by atoms with E-state index in [2.05, 4.69) is 43.3 Å². The molecule has 84 valence electrons. The summed E-state index contributed by atoms with van der Waals surface area (Å²) < 4.78 is 0. The lowest BCUT2D eigenvalue weighted by Gasteiger charge is -2.05. The average molecular weight is 213 g/mol. The van der Waals surface area contributed by atoms with E-state index in [-0.39, 0.29) is 0 Å². The van der Waals surface area contributed by atoms with E-state index in [0.717, 1.165) is 5.69 Å². The Morgan fingerprint density at radius 1 is 0.812 bits per heavy atom. The minimum absolute atomic E-state index is 0.808. The van der Waals surface area contributed by atoms with Crippen LogP contribution >= 0.6 is 0 Å². The van der Waals surface area contributed by atoms with Gasteiger partial charge in [0.25, 0.3) is 0 Å². The highest BCUT2D eigenvalue weighted by Gasteiger charge is 1.99. The first-order valence-electron chi connectivity index (χ1n) is 5.69. The Morgan fingerprint density at radius 2 is 1.38 bits per heavy atom. The molecular weight excluding hydrogens is 194 g/mol. The molecule has 0 saturated heterocycles. The standard InChI is InChI=1S/C13H13N.C2H6/c1-10-4-2-3-5-13(10)11-6-8-12(14)9-7-11;1-2/h2-9H,14H2,1H3;1-2H3. The van der Waals surface area contributed by atoms with Crippen LogP contribution in [0.1, 0.15) is 19.4 Å². The van der Waals surface area contributed by atoms with Crippen LogP contribution < -0.4 is 5.73 Å². The zero-order chi connectivity index (χ0) is 12.0. The molecule has 2 aromatic carbocycles. The van der Waals surface area contributed by atoms with Crippen molar-refractivity contribution in [3.05, 3.63) is 54.1 Å². The Hall–Kier alpha value is -1.76. The maximum atomic E-state index is 5.64. The zero-order valence-electron chi connectivity index (χ0n) is 10.2. The second-order valence-corrected chi connectivity index (χ2v) is 3.44. The predicted molar refractivity (Wildman–Crippen MR) is 72.4 cm³/mol. The van der Waals surface area contributed by atoms with Crippen LogP contribution in [0.2, 0.25) is 0 Å². The average Bonchev–Trinajstić information content (AvgIpc) is 2.34. The van der Waals surface area contributed by atoms with Crippen LogP contribution in [0.3, 0.4) is 0 Å². The van der Waals surface area contributed by atoms with Crippen molar-refractivity contribution < 1.29 is 0 Å². The molecule has 0 aromatic heterocycles. The van der Waals surface area contributed by atoms with Crippen LogP contribution in [0, 0.1) is 6.92 Å². The largest absolute Gasteiger partial charge is 0.399 e. The van der Waals surface area contributed by atoms with Crippen LogP contribution in [0.25, 0.3) is 11.1 Å². The van der Waals surface area contributed by atoms with Crippen molar-refractivity contribution in [1.29, 1.82) is 0 Å². The summed E-state index contributed by atoms with van der Waals surface area (Å²) in [5.74, 6) is 0. The van der Waals surface area contributed by atoms with Crippen molar-refractivity contribution in [1.82, 2.24) is 0 Å². The van der Waals surface area contributed by atoms with Gasteiger partial charge >= 0.3 is 0 Å². The summed E-state index contributed by atoms with van der Waals surface area (Å²) in [6, 6.07) is 16.3. The van der Waals surface area contributed by atoms with Crippen LogP contribution in [0.4, 0.5) is 5.69 Å². The second kappa shape index (κ2) is 5.96. The third kappa shape index (κ3) is 2.86. The van der Waals surface area contributed by atoms with E-state index in [1.165, 1.54) is 16.7 Å². The van der Waals surface area contributed by atoms with Crippen molar-refractivity contribution >= 4 is 5.69 Å². The fourth-order valence-corrected chi connectivity index (χ4v) is 1.56. The molecule has 0 aliphatic rings. The molecule has 0 aliphatic carbocycles. The fourth-order valence-electron chi connectivity index (χ4n) is 1.56. The van der Waals surface area contributed by atoms with Gasteiger partial charge in [0, 0.05) is 5.69 Å². The van der Waals surface area contributed by atoms with E-state index < -0.39 is 0 Å². The molecule has 16 heavy (non-hydrogen) atoms. The molecule has 0 unspecified atom stereocenters. The van der Waals surface area contributed by atoms with E-state index in [4.69, 9.17) is 5.73 Å². The number of benzene rings is 2. The van der Waals surface area contributed by atoms with Gasteiger partial charge in [-0.05, 0) is 35.7 Å². The van der Waals surface area contributed by atoms with Crippen LogP contribution in [0.5, 0.6) is 0 Å². The second-order valence-electron chi connectivity index (χ2n) is 3.44. The van der Waals surface area contributed by atoms with Crippen molar-refractivity contribution in [2.24, 2.45) is 0 Å². The van der Waals surface area contributed by atoms with Crippen molar-refractivity contribution in [3.8, 4) is 11.1 Å². The van der Waals surface area contributed by atoms with Crippen molar-refractivity contribution in [2.45, 2.75) is 20.8 Å². The highest BCUT2D eigenvalue weighted by Crippen LogP contribution is 2.23. The molecule has 1 nitrogen and oxygen atoms in total. The van der Waals surface area contributed by atoms with Gasteiger partial charge in [0.2, 0.25) is 0 Å². The van der Waals surface area contributed by atoms with Crippen molar-refractivity contribution in [3.63, 3.8) is 0 Å². The lowest BCUT2D eigenvalue weighted by atomic mass is 10.0. The fraction of sp³-hybridized carbons (Fsp3) is 0.200. The number of aryl methyl sites for hydroxylation is 1. The molecule has 0 amide bonds. The van der Waals surface area contributed by atoms with Gasteiger partial charge in [0.05, 0.1) is 0 Å². The van der Waals surface area contributed by atoms with Gasteiger partial charge in [0.15, 0.2) is 0 Å². The number of nitrogen functional groups attached to an aromatic ring is 1. The summed E-state index contributed by atoms with van der Waals surface area (Å²) in [7, 11) is 0. The highest BCUT2D eigenvalue weighted by atomic mass is 14.5. The first-order chi connectivity index (χ1) is 7.77. The Bertz CT molecular complexity index is 429. The lowest BCUT2D eigenvalue weighted by molar-refractivity contribution is 1.46. The maximum Gasteiger partial charge on any atom is 0.0314 e. The molecular formula is C15H19N. The SMILES string of the molecule is CC.Cc1ccccc1-c1ccc(N)cc1. The third-order valence-corrected chi connectivity index (χ3v) is 2.37. The third-order valence-electron chi connectivity index (χ3n) is 2.37. The Balaban J connectivity index is 0.000000606. The number of rotatable bonds is 1. The Labute approximate surface area is 97.9 Å². The van der Waals surface area contributed by atoms with E-state index in [0.29, 0.717) is 0 Å². The summed E-state index contributed by atoms with van der Waals surface area (Å²) >= 11 is 0. The van der Waals surface area contributed by atoms with Gasteiger partial charge in [-0.1, -0.05) is 50.2 Å². The highest BCUT2D eigenvalue weighted by molar-refractivity contribution is 5.68. The molecule has 0 heterocycles. The summed E-state index contributed by atoms with van der Waals surface area (Å²) in [5.41, 5.74) is 10.2. The molecule has 1 heteroatoms. The minimum Gasteiger partial charge on any atom is -0.399 e. The Morgan fingerprint density at radius 3 is 1.94 bits per heavy atom. The molecule has 2 N–H and O–H groups in total. The topological polar surface area (TPSA) is 26.0 Å². The zero-order valence-corrected chi connectivity index (χ0v) is 10.2. The number of anilines is 1. The molecule has 2 aromatic rings. The molecule has 0 bridgehead atoms. The van der Waals surface area contributed by atoms with Gasteiger partial charge in [0.1, 0.15) is 0 Å². The maximum absolute atomic E-state index is 5.64. The van der Waals surface area contributed by atoms with E-state index in [1.807, 2.05) is 26.0 Å². The lowest BCUT2D eigenvalue weighted by Crippen LogP contribution is -1.85. The van der Waals surface area contributed by atoms with Crippen LogP contribution in [0.15, 0.2) is 48.5 Å². The normalized spacial score (nSPS) is 9.19. The number of hydrogen-bond acceptors (Lipinski definition) is 1. The quantitative estimate of drug-likeness (QED) is 0.703. The number of nitrogens with two attached hydrogens (primary N) is 1. The molecule has 0 saturated carbocycles. The van der Waals surface area contributed by atoms with Gasteiger partial charge in [-0.3, -0.25) is 0 Å². The summed E-state index contributed by atoms with van der Waals surface area (Å²) in [5, 5.41) is 0. The summed E-state index contributed by atoms with van der Waals surface area (Å²) in [6.45, 7) is 6.12. The van der Waals surface area contributed by atoms with Gasteiger partial charge in [-0.15, -0.1) is 0 Å². The molecule has 0 atom stereocenters. The smallest absolute Gasteiger partial charge is 0.0314 e. The first-order valence-corrected chi connectivity index (χ1v) is 5.69. The van der Waals surface area contributed by atoms with Gasteiger partial charge in [-0.25, -0.2) is 0 Å². The predicted octanol–water partition coefficient (Wildman–Crippen LogP) is 4.27. The van der Waals surface area contributed by atoms with E-state index in [1.54, 1.807) is 0 Å². The first kappa shape index (κ1) is 12.3. The summed E-state index contributed by atoms with van der Waals surface area (Å²) in [6.07, 6.45) is 0.